The van der Waals surface area contributed by atoms with Crippen molar-refractivity contribution in [3.8, 4) is 0 Å². The van der Waals surface area contributed by atoms with Crippen molar-refractivity contribution in [3.63, 3.8) is 0 Å². The molecule has 3 nitrogen and oxygen atoms in total. The third kappa shape index (κ3) is 1.60. The summed E-state index contributed by atoms with van der Waals surface area (Å²) in [6.45, 7) is 5.71. The molecule has 0 aromatic rings. The van der Waals surface area contributed by atoms with Crippen LogP contribution in [0, 0.1) is 5.92 Å². The summed E-state index contributed by atoms with van der Waals surface area (Å²) in [6, 6.07) is 0. The molecule has 76 valence electrons. The van der Waals surface area contributed by atoms with E-state index in [4.69, 9.17) is 15.2 Å². The smallest absolute Gasteiger partial charge is 0.0893 e. The fraction of sp³-hybridized carbons (Fsp3) is 1.00. The van der Waals surface area contributed by atoms with Crippen molar-refractivity contribution >= 4 is 0 Å². The molecule has 2 fully saturated rings. The van der Waals surface area contributed by atoms with Gasteiger partial charge in [0.25, 0.3) is 0 Å². The first-order valence-corrected chi connectivity index (χ1v) is 5.14. The van der Waals surface area contributed by atoms with E-state index in [1.165, 1.54) is 6.42 Å². The van der Waals surface area contributed by atoms with E-state index in [9.17, 15) is 0 Å². The second-order valence-electron chi connectivity index (χ2n) is 4.61. The molecule has 0 aliphatic carbocycles. The highest BCUT2D eigenvalue weighted by molar-refractivity contribution is 5.00. The van der Waals surface area contributed by atoms with Crippen LogP contribution < -0.4 is 5.73 Å². The SMILES string of the molecule is C[C@@H]1CCC(C2(N)COC2)O[C@@H]1C. The lowest BCUT2D eigenvalue weighted by Crippen LogP contribution is -2.67. The Morgan fingerprint density at radius 2 is 1.92 bits per heavy atom. The molecule has 2 heterocycles. The lowest BCUT2D eigenvalue weighted by molar-refractivity contribution is -0.173. The van der Waals surface area contributed by atoms with Crippen molar-refractivity contribution < 1.29 is 9.47 Å². The van der Waals surface area contributed by atoms with Crippen LogP contribution in [0.3, 0.4) is 0 Å². The molecule has 0 saturated carbocycles. The summed E-state index contributed by atoms with van der Waals surface area (Å²) in [5.41, 5.74) is 5.95. The van der Waals surface area contributed by atoms with Crippen molar-refractivity contribution in [1.29, 1.82) is 0 Å². The quantitative estimate of drug-likeness (QED) is 0.660. The van der Waals surface area contributed by atoms with Crippen molar-refractivity contribution in [2.75, 3.05) is 13.2 Å². The lowest BCUT2D eigenvalue weighted by Gasteiger charge is -2.47. The standard InChI is InChI=1S/C10H19NO2/c1-7-3-4-9(13-8(7)2)10(11)5-12-6-10/h7-9H,3-6,11H2,1-2H3/t7-,8-,9?/m1/s1. The van der Waals surface area contributed by atoms with Crippen LogP contribution in [0.25, 0.3) is 0 Å². The van der Waals surface area contributed by atoms with E-state index < -0.39 is 0 Å². The fourth-order valence-electron chi connectivity index (χ4n) is 2.06. The van der Waals surface area contributed by atoms with Gasteiger partial charge in [-0.3, -0.25) is 0 Å². The summed E-state index contributed by atoms with van der Waals surface area (Å²) in [5, 5.41) is 0. The second kappa shape index (κ2) is 3.23. The predicted molar refractivity (Wildman–Crippen MR) is 50.5 cm³/mol. The maximum atomic E-state index is 6.14. The molecular weight excluding hydrogens is 166 g/mol. The van der Waals surface area contributed by atoms with Gasteiger partial charge in [0.1, 0.15) is 0 Å². The summed E-state index contributed by atoms with van der Waals surface area (Å²) < 4.78 is 11.0. The second-order valence-corrected chi connectivity index (χ2v) is 4.61. The molecule has 2 rings (SSSR count). The van der Waals surface area contributed by atoms with Crippen LogP contribution in [0.4, 0.5) is 0 Å². The van der Waals surface area contributed by atoms with Crippen LogP contribution in [0.2, 0.25) is 0 Å². The van der Waals surface area contributed by atoms with E-state index >= 15 is 0 Å². The molecular formula is C10H19NO2. The lowest BCUT2D eigenvalue weighted by atomic mass is 9.83. The Balaban J connectivity index is 1.94. The van der Waals surface area contributed by atoms with Crippen LogP contribution in [0.15, 0.2) is 0 Å². The van der Waals surface area contributed by atoms with Crippen LogP contribution >= 0.6 is 0 Å². The third-order valence-corrected chi connectivity index (χ3v) is 3.45. The van der Waals surface area contributed by atoms with Gasteiger partial charge in [0, 0.05) is 0 Å². The highest BCUT2D eigenvalue weighted by Crippen LogP contribution is 2.32. The van der Waals surface area contributed by atoms with Crippen molar-refractivity contribution in [2.24, 2.45) is 11.7 Å². The molecule has 0 bridgehead atoms. The van der Waals surface area contributed by atoms with Gasteiger partial charge in [-0.25, -0.2) is 0 Å². The number of hydrogen-bond acceptors (Lipinski definition) is 3. The predicted octanol–water partition coefficient (Wildman–Crippen LogP) is 0.918. The zero-order chi connectivity index (χ0) is 9.47. The minimum atomic E-state index is -0.186. The summed E-state index contributed by atoms with van der Waals surface area (Å²) in [6.07, 6.45) is 2.88. The van der Waals surface area contributed by atoms with Gasteiger partial charge in [-0.1, -0.05) is 6.92 Å². The molecule has 0 aromatic heterocycles. The molecule has 1 unspecified atom stereocenters. The molecule has 2 aliphatic rings. The van der Waals surface area contributed by atoms with E-state index in [2.05, 4.69) is 13.8 Å². The molecule has 3 atom stereocenters. The molecule has 0 amide bonds. The highest BCUT2D eigenvalue weighted by atomic mass is 16.5. The zero-order valence-electron chi connectivity index (χ0n) is 8.45. The van der Waals surface area contributed by atoms with E-state index in [1.807, 2.05) is 0 Å². The maximum Gasteiger partial charge on any atom is 0.0893 e. The number of rotatable bonds is 1. The van der Waals surface area contributed by atoms with E-state index in [0.29, 0.717) is 25.2 Å². The number of nitrogens with two attached hydrogens (primary N) is 1. The van der Waals surface area contributed by atoms with Crippen LogP contribution in [0.1, 0.15) is 26.7 Å². The highest BCUT2D eigenvalue weighted by Gasteiger charge is 2.45. The average molecular weight is 185 g/mol. The van der Waals surface area contributed by atoms with Gasteiger partial charge in [0.05, 0.1) is 31.0 Å². The van der Waals surface area contributed by atoms with Gasteiger partial charge in [-0.15, -0.1) is 0 Å². The normalized spacial score (nSPS) is 44.1. The van der Waals surface area contributed by atoms with Gasteiger partial charge in [-0.05, 0) is 25.7 Å². The fourth-order valence-corrected chi connectivity index (χ4v) is 2.06. The Morgan fingerprint density at radius 3 is 2.38 bits per heavy atom. The Kier molecular flexibility index (Phi) is 2.34. The monoisotopic (exact) mass is 185 g/mol. The van der Waals surface area contributed by atoms with Gasteiger partial charge in [0.2, 0.25) is 0 Å². The first kappa shape index (κ1) is 9.44. The topological polar surface area (TPSA) is 44.5 Å². The van der Waals surface area contributed by atoms with E-state index in [0.717, 1.165) is 6.42 Å². The van der Waals surface area contributed by atoms with Crippen LogP contribution in [-0.4, -0.2) is 31.0 Å². The van der Waals surface area contributed by atoms with Crippen LogP contribution in [-0.2, 0) is 9.47 Å². The van der Waals surface area contributed by atoms with Gasteiger partial charge < -0.3 is 15.2 Å². The Labute approximate surface area is 79.6 Å². The number of hydrogen-bond donors (Lipinski definition) is 1. The minimum Gasteiger partial charge on any atom is -0.377 e. The summed E-state index contributed by atoms with van der Waals surface area (Å²) in [4.78, 5) is 0. The van der Waals surface area contributed by atoms with Crippen LogP contribution in [0.5, 0.6) is 0 Å². The number of ether oxygens (including phenoxy) is 2. The summed E-state index contributed by atoms with van der Waals surface area (Å²) in [5.74, 6) is 0.667. The average Bonchev–Trinajstić information content (AvgIpc) is 2.06. The van der Waals surface area contributed by atoms with Gasteiger partial charge >= 0.3 is 0 Å². The first-order valence-electron chi connectivity index (χ1n) is 5.14. The zero-order valence-corrected chi connectivity index (χ0v) is 8.45. The molecule has 13 heavy (non-hydrogen) atoms. The van der Waals surface area contributed by atoms with Crippen molar-refractivity contribution in [3.05, 3.63) is 0 Å². The molecule has 2 aliphatic heterocycles. The molecule has 2 saturated heterocycles. The van der Waals surface area contributed by atoms with E-state index in [-0.39, 0.29) is 11.6 Å². The van der Waals surface area contributed by atoms with E-state index in [1.54, 1.807) is 0 Å². The molecule has 3 heteroatoms. The molecule has 2 N–H and O–H groups in total. The molecule has 0 aromatic carbocycles. The molecule has 0 spiro atoms. The Morgan fingerprint density at radius 1 is 1.23 bits per heavy atom. The van der Waals surface area contributed by atoms with Gasteiger partial charge in [-0.2, -0.15) is 0 Å². The van der Waals surface area contributed by atoms with Crippen molar-refractivity contribution in [1.82, 2.24) is 0 Å². The maximum absolute atomic E-state index is 6.14. The third-order valence-electron chi connectivity index (χ3n) is 3.45. The van der Waals surface area contributed by atoms with Gasteiger partial charge in [0.15, 0.2) is 0 Å². The summed E-state index contributed by atoms with van der Waals surface area (Å²) >= 11 is 0. The minimum absolute atomic E-state index is 0.186. The Hall–Kier alpha value is -0.120. The Bertz CT molecular complexity index is 191. The first-order chi connectivity index (χ1) is 6.12. The largest absolute Gasteiger partial charge is 0.377 e. The van der Waals surface area contributed by atoms with Crippen molar-refractivity contribution in [2.45, 2.75) is 44.4 Å². The molecule has 0 radical (unpaired) electrons. The summed E-state index contributed by atoms with van der Waals surface area (Å²) in [7, 11) is 0.